The molecule has 0 aromatic heterocycles. The van der Waals surface area contributed by atoms with E-state index in [0.29, 0.717) is 12.8 Å². The summed E-state index contributed by atoms with van der Waals surface area (Å²) in [6, 6.07) is 7.04. The Hall–Kier alpha value is -2.57. The fourth-order valence-corrected chi connectivity index (χ4v) is 6.01. The maximum atomic E-state index is 12.9. The molecule has 7 heteroatoms. The summed E-state index contributed by atoms with van der Waals surface area (Å²) in [5, 5.41) is 29.4. The van der Waals surface area contributed by atoms with Crippen LogP contribution in [0, 0.1) is 34.5 Å². The van der Waals surface area contributed by atoms with E-state index in [1.807, 2.05) is 32.9 Å². The number of phenols is 1. The zero-order valence-electron chi connectivity index (χ0n) is 25.5. The summed E-state index contributed by atoms with van der Waals surface area (Å²) in [5.41, 5.74) is -0.340. The number of unbranched alkanes of at least 4 members (excludes halogenated alkanes) is 2. The van der Waals surface area contributed by atoms with Crippen molar-refractivity contribution in [1.82, 2.24) is 0 Å². The van der Waals surface area contributed by atoms with Crippen molar-refractivity contribution in [2.24, 2.45) is 34.5 Å². The average Bonchev–Trinajstić information content (AvgIpc) is 2.73. The topological polar surface area (TPSA) is 121 Å². The van der Waals surface area contributed by atoms with Gasteiger partial charge in [0, 0.05) is 6.42 Å². The zero-order valence-corrected chi connectivity index (χ0v) is 25.5. The van der Waals surface area contributed by atoms with Crippen molar-refractivity contribution in [2.75, 3.05) is 0 Å². The fourth-order valence-electron chi connectivity index (χ4n) is 6.01. The molecule has 0 amide bonds. The predicted octanol–water partition coefficient (Wildman–Crippen LogP) is 7.34. The number of aliphatic carboxylic acids is 2. The third-order valence-electron chi connectivity index (χ3n) is 7.46. The number of hydrogen-bond donors (Lipinski definition) is 3. The molecule has 0 bridgehead atoms. The van der Waals surface area contributed by atoms with Crippen LogP contribution in [0.2, 0.25) is 0 Å². The van der Waals surface area contributed by atoms with Crippen molar-refractivity contribution < 1.29 is 34.4 Å². The lowest BCUT2D eigenvalue weighted by Crippen LogP contribution is -2.46. The number of rotatable bonds is 14. The number of carboxylic acids is 2. The minimum absolute atomic E-state index is 0.0980. The van der Waals surface area contributed by atoms with Gasteiger partial charge < -0.3 is 20.1 Å². The molecule has 0 saturated heterocycles. The molecule has 0 aliphatic carbocycles. The molecule has 1 rings (SSSR count). The van der Waals surface area contributed by atoms with E-state index in [9.17, 15) is 24.6 Å². The van der Waals surface area contributed by atoms with Crippen molar-refractivity contribution in [3.8, 4) is 5.75 Å². The highest BCUT2D eigenvalue weighted by Crippen LogP contribution is 2.50. The molecule has 0 spiro atoms. The maximum absolute atomic E-state index is 12.9. The molecule has 0 fully saturated rings. The third kappa shape index (κ3) is 12.4. The Morgan fingerprint density at radius 2 is 1.38 bits per heavy atom. The normalized spacial score (nSPS) is 15.7. The summed E-state index contributed by atoms with van der Waals surface area (Å²) in [4.78, 5) is 36.7. The monoisotopic (exact) mass is 548 g/mol. The standard InChI is InChI=1S/C32H52O7/c1-30(2,3)25(13-11-10-12-14-26(34)35)23(19-21-15-17-22(33)18-16-21)28(31(4,5)6)24(29(37)38)20-27(36)39-32(7,8)9/h15-18,23-25,28,33H,10-14,19-20H2,1-9H3,(H,34,35)(H,37,38). The summed E-state index contributed by atoms with van der Waals surface area (Å²) < 4.78 is 5.55. The zero-order chi connectivity index (χ0) is 30.2. The second kappa shape index (κ2) is 14.2. The Kier molecular flexibility index (Phi) is 12.5. The number of phenolic OH excluding ortho intramolecular Hbond substituents is 1. The SMILES string of the molecule is CC(C)(C)OC(=O)CC(C(=O)O)C(C(Cc1ccc(O)cc1)C(CCCCCC(=O)O)C(C)(C)C)C(C)(C)C. The highest BCUT2D eigenvalue weighted by molar-refractivity contribution is 5.79. The number of ether oxygens (including phenoxy) is 1. The van der Waals surface area contributed by atoms with E-state index in [0.717, 1.165) is 24.8 Å². The van der Waals surface area contributed by atoms with Crippen LogP contribution in [-0.4, -0.2) is 38.8 Å². The molecule has 0 aliphatic rings. The van der Waals surface area contributed by atoms with E-state index < -0.39 is 34.8 Å². The fraction of sp³-hybridized carbons (Fsp3) is 0.719. The molecule has 1 aromatic carbocycles. The molecule has 3 N–H and O–H groups in total. The number of carbonyl (C=O) groups is 3. The van der Waals surface area contributed by atoms with Crippen molar-refractivity contribution in [3.63, 3.8) is 0 Å². The quantitative estimate of drug-likeness (QED) is 0.164. The number of carbonyl (C=O) groups excluding carboxylic acids is 1. The maximum Gasteiger partial charge on any atom is 0.307 e. The Morgan fingerprint density at radius 1 is 0.821 bits per heavy atom. The Morgan fingerprint density at radius 3 is 1.82 bits per heavy atom. The van der Waals surface area contributed by atoms with Gasteiger partial charge in [0.25, 0.3) is 0 Å². The summed E-state index contributed by atoms with van der Waals surface area (Å²) in [7, 11) is 0. The number of carboxylic acid groups (broad SMARTS) is 2. The second-order valence-corrected chi connectivity index (χ2v) is 14.1. The van der Waals surface area contributed by atoms with Crippen LogP contribution in [0.5, 0.6) is 5.75 Å². The van der Waals surface area contributed by atoms with E-state index in [4.69, 9.17) is 9.84 Å². The van der Waals surface area contributed by atoms with Gasteiger partial charge in [-0.1, -0.05) is 66.5 Å². The van der Waals surface area contributed by atoms with Crippen LogP contribution >= 0.6 is 0 Å². The molecule has 222 valence electrons. The van der Waals surface area contributed by atoms with Crippen molar-refractivity contribution >= 4 is 17.9 Å². The van der Waals surface area contributed by atoms with Gasteiger partial charge in [-0.15, -0.1) is 0 Å². The van der Waals surface area contributed by atoms with Crippen molar-refractivity contribution in [3.05, 3.63) is 29.8 Å². The first-order chi connectivity index (χ1) is 17.7. The molecule has 0 saturated carbocycles. The summed E-state index contributed by atoms with van der Waals surface area (Å²) in [6.07, 6.45) is 3.56. The van der Waals surface area contributed by atoms with Crippen LogP contribution < -0.4 is 0 Å². The van der Waals surface area contributed by atoms with Gasteiger partial charge >= 0.3 is 17.9 Å². The van der Waals surface area contributed by atoms with E-state index in [2.05, 4.69) is 20.8 Å². The van der Waals surface area contributed by atoms with E-state index >= 15 is 0 Å². The highest BCUT2D eigenvalue weighted by atomic mass is 16.6. The average molecular weight is 549 g/mol. The molecular weight excluding hydrogens is 496 g/mol. The third-order valence-corrected chi connectivity index (χ3v) is 7.46. The first-order valence-corrected chi connectivity index (χ1v) is 14.2. The van der Waals surface area contributed by atoms with Gasteiger partial charge in [-0.3, -0.25) is 14.4 Å². The van der Waals surface area contributed by atoms with Gasteiger partial charge in [0.2, 0.25) is 0 Å². The number of hydrogen-bond acceptors (Lipinski definition) is 5. The van der Waals surface area contributed by atoms with Crippen LogP contribution in [0.1, 0.15) is 106 Å². The van der Waals surface area contributed by atoms with E-state index in [1.165, 1.54) is 0 Å². The summed E-state index contributed by atoms with van der Waals surface area (Å²) in [5.74, 6) is -3.47. The summed E-state index contributed by atoms with van der Waals surface area (Å²) >= 11 is 0. The molecule has 0 heterocycles. The van der Waals surface area contributed by atoms with Crippen molar-refractivity contribution in [2.45, 2.75) is 113 Å². The number of aromatic hydroxyl groups is 1. The smallest absolute Gasteiger partial charge is 0.307 e. The van der Waals surface area contributed by atoms with Crippen LogP contribution in [-0.2, 0) is 25.5 Å². The number of esters is 1. The lowest BCUT2D eigenvalue weighted by molar-refractivity contribution is -0.164. The Bertz CT molecular complexity index is 929. The Labute approximate surface area is 235 Å². The first-order valence-electron chi connectivity index (χ1n) is 14.2. The molecule has 1 aromatic rings. The second-order valence-electron chi connectivity index (χ2n) is 14.1. The first kappa shape index (κ1) is 34.5. The van der Waals surface area contributed by atoms with Gasteiger partial charge in [-0.25, -0.2) is 0 Å². The van der Waals surface area contributed by atoms with Gasteiger partial charge in [0.05, 0.1) is 12.3 Å². The van der Waals surface area contributed by atoms with Gasteiger partial charge in [0.1, 0.15) is 11.4 Å². The molecule has 39 heavy (non-hydrogen) atoms. The van der Waals surface area contributed by atoms with Crippen LogP contribution in [0.4, 0.5) is 0 Å². The van der Waals surface area contributed by atoms with E-state index in [-0.39, 0.29) is 41.8 Å². The van der Waals surface area contributed by atoms with Crippen molar-refractivity contribution in [1.29, 1.82) is 0 Å². The molecule has 0 aliphatic heterocycles. The van der Waals surface area contributed by atoms with Gasteiger partial charge in [-0.05, 0) is 86.3 Å². The molecule has 4 atom stereocenters. The van der Waals surface area contributed by atoms with Gasteiger partial charge in [-0.2, -0.15) is 0 Å². The van der Waals surface area contributed by atoms with Crippen LogP contribution in [0.3, 0.4) is 0 Å². The summed E-state index contributed by atoms with van der Waals surface area (Å²) in [6.45, 7) is 17.9. The van der Waals surface area contributed by atoms with Crippen LogP contribution in [0.25, 0.3) is 0 Å². The minimum Gasteiger partial charge on any atom is -0.508 e. The lowest BCUT2D eigenvalue weighted by atomic mass is 9.56. The number of benzene rings is 1. The van der Waals surface area contributed by atoms with Gasteiger partial charge in [0.15, 0.2) is 0 Å². The van der Waals surface area contributed by atoms with E-state index in [1.54, 1.807) is 32.9 Å². The molecular formula is C32H52O7. The lowest BCUT2D eigenvalue weighted by Gasteiger charge is -2.48. The minimum atomic E-state index is -1.01. The molecule has 4 unspecified atom stereocenters. The largest absolute Gasteiger partial charge is 0.508 e. The molecule has 0 radical (unpaired) electrons. The highest BCUT2D eigenvalue weighted by Gasteiger charge is 2.47. The predicted molar refractivity (Wildman–Crippen MR) is 153 cm³/mol. The van der Waals surface area contributed by atoms with Crippen LogP contribution in [0.15, 0.2) is 24.3 Å². The Balaban J connectivity index is 3.58. The molecule has 7 nitrogen and oxygen atoms in total.